The van der Waals surface area contributed by atoms with Gasteiger partial charge in [0.2, 0.25) is 0 Å². The Hall–Kier alpha value is -2.64. The number of hydroxylamine groups is 4. The molecule has 2 aliphatic rings. The lowest BCUT2D eigenvalue weighted by molar-refractivity contribution is -1.07. The minimum Gasteiger partial charge on any atom is -0.586 e. The zero-order valence-electron chi connectivity index (χ0n) is 8.47. The normalized spacial score (nSPS) is 41.3. The number of quaternary nitrogens is 2. The highest BCUT2D eigenvalue weighted by molar-refractivity contribution is 5.73. The lowest BCUT2D eigenvalue weighted by Gasteiger charge is -2.22. The van der Waals surface area contributed by atoms with Crippen LogP contribution in [0.25, 0.3) is 0 Å². The molecule has 2 N–H and O–H groups in total. The number of nitriles is 2. The Morgan fingerprint density at radius 3 is 1.61 bits per heavy atom. The van der Waals surface area contributed by atoms with Crippen molar-refractivity contribution in [3.63, 3.8) is 0 Å². The number of nitrogens with zero attached hydrogens (tertiary/aromatic N) is 6. The zero-order valence-corrected chi connectivity index (χ0v) is 8.47. The predicted molar refractivity (Wildman–Crippen MR) is 49.4 cm³/mol. The summed E-state index contributed by atoms with van der Waals surface area (Å²) in [6.07, 6.45) is 1.61. The summed E-state index contributed by atoms with van der Waals surface area (Å²) in [6, 6.07) is 3.03. The standard InChI is InChI=1S/C6H4N8O4/c7-1-5(3-9-17-13(5)15)11-12-6(2-8)4-10-18-14(6)16/h3-4,13-14H. The van der Waals surface area contributed by atoms with Crippen LogP contribution in [0.5, 0.6) is 0 Å². The second kappa shape index (κ2) is 3.99. The number of azo groups is 1. The molecule has 0 radical (unpaired) electrons. The van der Waals surface area contributed by atoms with Gasteiger partial charge in [0, 0.05) is 0 Å². The Labute approximate surface area is 98.6 Å². The summed E-state index contributed by atoms with van der Waals surface area (Å²) in [7, 11) is 0. The maximum atomic E-state index is 11.3. The van der Waals surface area contributed by atoms with Gasteiger partial charge in [0.1, 0.15) is 0 Å². The molecule has 2 rings (SSSR count). The molecule has 92 valence electrons. The number of hydrogen-bond donors (Lipinski definition) is 2. The van der Waals surface area contributed by atoms with E-state index in [9.17, 15) is 10.4 Å². The summed E-state index contributed by atoms with van der Waals surface area (Å²) in [5.41, 5.74) is -4.19. The van der Waals surface area contributed by atoms with Crippen molar-refractivity contribution in [2.75, 3.05) is 0 Å². The van der Waals surface area contributed by atoms with Crippen molar-refractivity contribution in [3.8, 4) is 12.1 Å². The molecule has 0 spiro atoms. The molecule has 0 saturated heterocycles. The Balaban J connectivity index is 2.31. The number of oxime groups is 2. The van der Waals surface area contributed by atoms with E-state index in [2.05, 4.69) is 30.4 Å². The van der Waals surface area contributed by atoms with Gasteiger partial charge in [-0.25, -0.2) is 0 Å². The van der Waals surface area contributed by atoms with Gasteiger partial charge in [-0.05, 0) is 10.3 Å². The van der Waals surface area contributed by atoms with Gasteiger partial charge in [-0.2, -0.15) is 20.4 Å². The highest BCUT2D eigenvalue weighted by Crippen LogP contribution is 2.09. The smallest absolute Gasteiger partial charge is 0.376 e. The summed E-state index contributed by atoms with van der Waals surface area (Å²) in [4.78, 5) is 8.38. The van der Waals surface area contributed by atoms with Crippen LogP contribution in [0.2, 0.25) is 0 Å². The maximum Gasteiger partial charge on any atom is 0.376 e. The molecule has 0 bridgehead atoms. The number of rotatable bonds is 2. The molecule has 0 saturated carbocycles. The molecule has 4 unspecified atom stereocenters. The average Bonchev–Trinajstić information content (AvgIpc) is 2.92. The third kappa shape index (κ3) is 1.54. The van der Waals surface area contributed by atoms with Gasteiger partial charge < -0.3 is 10.4 Å². The van der Waals surface area contributed by atoms with Crippen LogP contribution >= 0.6 is 0 Å². The fourth-order valence-electron chi connectivity index (χ4n) is 1.03. The van der Waals surface area contributed by atoms with Crippen molar-refractivity contribution in [1.29, 1.82) is 10.5 Å². The third-order valence-electron chi connectivity index (χ3n) is 2.08. The van der Waals surface area contributed by atoms with Gasteiger partial charge in [-0.15, -0.1) is 10.5 Å². The zero-order chi connectivity index (χ0) is 13.2. The molecule has 4 atom stereocenters. The van der Waals surface area contributed by atoms with Crippen molar-refractivity contribution < 1.29 is 20.3 Å². The second-order valence-corrected chi connectivity index (χ2v) is 3.18. The molecule has 0 fully saturated rings. The SMILES string of the molecule is N#CC1(N=NC2(C#N)C=NO[NH+]2[O-])C=NO[NH+]1[O-]. The van der Waals surface area contributed by atoms with Gasteiger partial charge in [0.15, 0.2) is 24.6 Å². The monoisotopic (exact) mass is 252 g/mol. The highest BCUT2D eigenvalue weighted by atomic mass is 17.0. The van der Waals surface area contributed by atoms with Crippen LogP contribution < -0.4 is 10.5 Å². The van der Waals surface area contributed by atoms with E-state index in [0.29, 0.717) is 0 Å². The van der Waals surface area contributed by atoms with Crippen molar-refractivity contribution in [1.82, 2.24) is 0 Å². The van der Waals surface area contributed by atoms with E-state index < -0.39 is 21.8 Å². The molecule has 0 aliphatic carbocycles. The summed E-state index contributed by atoms with van der Waals surface area (Å²) in [5, 5.41) is 51.0. The van der Waals surface area contributed by atoms with E-state index in [0.717, 1.165) is 12.4 Å². The molecule has 0 aromatic carbocycles. The first-order valence-corrected chi connectivity index (χ1v) is 4.37. The van der Waals surface area contributed by atoms with Gasteiger partial charge in [0.05, 0.1) is 0 Å². The lowest BCUT2D eigenvalue weighted by atomic mass is 10.2. The third-order valence-corrected chi connectivity index (χ3v) is 2.08. The van der Waals surface area contributed by atoms with Crippen LogP contribution in [0.3, 0.4) is 0 Å². The fraction of sp³-hybridized carbons (Fsp3) is 0.333. The summed E-state index contributed by atoms with van der Waals surface area (Å²) >= 11 is 0. The Bertz CT molecular complexity index is 473. The average molecular weight is 252 g/mol. The van der Waals surface area contributed by atoms with Crippen LogP contribution in [0.4, 0.5) is 0 Å². The minimum absolute atomic E-state index is 0.807. The number of nitrogens with one attached hydrogen (secondary N) is 2. The lowest BCUT2D eigenvalue weighted by Crippen LogP contribution is -3.14. The first-order valence-electron chi connectivity index (χ1n) is 4.37. The quantitative estimate of drug-likeness (QED) is 0.381. The molecule has 18 heavy (non-hydrogen) atoms. The first kappa shape index (κ1) is 11.8. The predicted octanol–water partition coefficient (Wildman–Crippen LogP) is -3.49. The maximum absolute atomic E-state index is 11.3. The van der Waals surface area contributed by atoms with E-state index >= 15 is 0 Å². The van der Waals surface area contributed by atoms with Gasteiger partial charge >= 0.3 is 11.3 Å². The van der Waals surface area contributed by atoms with Crippen LogP contribution in [-0.4, -0.2) is 23.8 Å². The summed E-state index contributed by atoms with van der Waals surface area (Å²) < 4.78 is 0. The van der Waals surface area contributed by atoms with Crippen molar-refractivity contribution in [3.05, 3.63) is 10.4 Å². The molecule has 12 heteroatoms. The van der Waals surface area contributed by atoms with Gasteiger partial charge in [-0.3, -0.25) is 0 Å². The Morgan fingerprint density at radius 1 is 1.00 bits per heavy atom. The van der Waals surface area contributed by atoms with Crippen molar-refractivity contribution in [2.24, 2.45) is 20.5 Å². The Kier molecular flexibility index (Phi) is 2.62. The summed E-state index contributed by atoms with van der Waals surface area (Å²) in [5.74, 6) is 0. The Morgan fingerprint density at radius 2 is 1.39 bits per heavy atom. The van der Waals surface area contributed by atoms with Gasteiger partial charge in [-0.1, -0.05) is 10.2 Å². The topological polar surface area (TPSA) is 170 Å². The largest absolute Gasteiger partial charge is 0.586 e. The van der Waals surface area contributed by atoms with E-state index in [4.69, 9.17) is 10.5 Å². The molecule has 12 nitrogen and oxygen atoms in total. The van der Waals surface area contributed by atoms with E-state index in [-0.39, 0.29) is 0 Å². The van der Waals surface area contributed by atoms with Gasteiger partial charge in [0.25, 0.3) is 0 Å². The van der Waals surface area contributed by atoms with Crippen molar-refractivity contribution >= 4 is 12.4 Å². The number of hydrogen-bond acceptors (Lipinski definition) is 10. The van der Waals surface area contributed by atoms with Crippen LogP contribution in [0.1, 0.15) is 0 Å². The molecule has 0 aromatic heterocycles. The highest BCUT2D eigenvalue weighted by Gasteiger charge is 2.48. The molecule has 0 aromatic rings. The van der Waals surface area contributed by atoms with E-state index in [1.54, 1.807) is 0 Å². The van der Waals surface area contributed by atoms with Crippen LogP contribution in [-0.2, 0) is 9.88 Å². The van der Waals surface area contributed by atoms with E-state index in [1.165, 1.54) is 12.1 Å². The second-order valence-electron chi connectivity index (χ2n) is 3.18. The molecular formula is C6H4N8O4. The molecule has 2 heterocycles. The fourth-order valence-corrected chi connectivity index (χ4v) is 1.03. The van der Waals surface area contributed by atoms with Crippen LogP contribution in [0.15, 0.2) is 20.5 Å². The first-order chi connectivity index (χ1) is 8.58. The molecule has 0 amide bonds. The minimum atomic E-state index is -2.10. The van der Waals surface area contributed by atoms with Crippen molar-refractivity contribution in [2.45, 2.75) is 11.3 Å². The molecule has 2 aliphatic heterocycles. The van der Waals surface area contributed by atoms with Crippen LogP contribution in [0, 0.1) is 33.1 Å². The summed E-state index contributed by atoms with van der Waals surface area (Å²) in [6.45, 7) is 0. The molecular weight excluding hydrogens is 248 g/mol. The van der Waals surface area contributed by atoms with E-state index in [1.807, 2.05) is 0 Å².